The second-order valence-electron chi connectivity index (χ2n) is 7.42. The lowest BCUT2D eigenvalue weighted by atomic mass is 10.2. The van der Waals surface area contributed by atoms with Crippen molar-refractivity contribution in [3.8, 4) is 22.9 Å². The van der Waals surface area contributed by atoms with Crippen molar-refractivity contribution in [2.45, 2.75) is 18.8 Å². The molecule has 1 saturated heterocycles. The fraction of sp³-hybridized carbons (Fsp3) is 0.190. The first kappa shape index (κ1) is 22.4. The molecule has 9 nitrogen and oxygen atoms in total. The average molecular weight is 492 g/mol. The van der Waals surface area contributed by atoms with Crippen LogP contribution in [0.25, 0.3) is 22.9 Å². The van der Waals surface area contributed by atoms with Crippen LogP contribution in [0.15, 0.2) is 53.4 Å². The van der Waals surface area contributed by atoms with Gasteiger partial charge in [0.15, 0.2) is 23.5 Å². The molecule has 35 heavy (non-hydrogen) atoms. The topological polar surface area (TPSA) is 99.2 Å². The second kappa shape index (κ2) is 8.45. The number of cyclic esters (lactones) is 1. The number of halogens is 5. The molecule has 1 aromatic carbocycles. The summed E-state index contributed by atoms with van der Waals surface area (Å²) in [5.74, 6) is -2.93. The summed E-state index contributed by atoms with van der Waals surface area (Å²) in [4.78, 5) is 19.7. The number of carbonyl (C=O) groups is 1. The van der Waals surface area contributed by atoms with Crippen LogP contribution in [0.3, 0.4) is 0 Å². The van der Waals surface area contributed by atoms with Crippen LogP contribution in [-0.4, -0.2) is 49.8 Å². The number of ether oxygens (including phenoxy) is 1. The molecule has 5 rings (SSSR count). The average Bonchev–Trinajstić information content (AvgIpc) is 3.55. The normalized spacial score (nSPS) is 16.1. The SMILES string of the molecule is O=C1OCC(C(F)(F)F)N1c1nc(-c2cc(-c3ccon3)n(Cc3ccccc3F)n2)ncc1F. The largest absolute Gasteiger partial charge is 0.447 e. The number of rotatable bonds is 5. The van der Waals surface area contributed by atoms with E-state index in [1.54, 1.807) is 12.1 Å². The quantitative estimate of drug-likeness (QED) is 0.385. The molecule has 3 aromatic heterocycles. The predicted octanol–water partition coefficient (Wildman–Crippen LogP) is 4.21. The Morgan fingerprint density at radius 2 is 1.89 bits per heavy atom. The Bertz CT molecular complexity index is 1390. The fourth-order valence-electron chi connectivity index (χ4n) is 3.53. The standard InChI is InChI=1S/C21H13F5N6O3/c22-12-4-2-1-3-11(12)9-31-16(14-5-6-35-30-14)7-15(29-31)18-27-8-13(23)19(28-18)32-17(21(24,25)26)10-34-20(32)33/h1-8,17H,9-10H2. The van der Waals surface area contributed by atoms with Crippen LogP contribution in [0.4, 0.5) is 32.6 Å². The molecule has 0 saturated carbocycles. The monoisotopic (exact) mass is 492 g/mol. The van der Waals surface area contributed by atoms with Crippen molar-refractivity contribution in [3.05, 3.63) is 66.1 Å². The van der Waals surface area contributed by atoms with Crippen LogP contribution in [-0.2, 0) is 11.3 Å². The van der Waals surface area contributed by atoms with Crippen LogP contribution in [0.5, 0.6) is 0 Å². The van der Waals surface area contributed by atoms with Crippen molar-refractivity contribution in [1.29, 1.82) is 0 Å². The van der Waals surface area contributed by atoms with E-state index in [1.165, 1.54) is 35.2 Å². The minimum atomic E-state index is -4.88. The summed E-state index contributed by atoms with van der Waals surface area (Å²) in [7, 11) is 0. The summed E-state index contributed by atoms with van der Waals surface area (Å²) in [5, 5.41) is 8.16. The fourth-order valence-corrected chi connectivity index (χ4v) is 3.53. The third-order valence-electron chi connectivity index (χ3n) is 5.19. The molecular formula is C21H13F5N6O3. The second-order valence-corrected chi connectivity index (χ2v) is 7.42. The van der Waals surface area contributed by atoms with Gasteiger partial charge in [0, 0.05) is 11.6 Å². The highest BCUT2D eigenvalue weighted by Crippen LogP contribution is 2.34. The summed E-state index contributed by atoms with van der Waals surface area (Å²) in [6.45, 7) is -1.05. The first-order chi connectivity index (χ1) is 16.7. The van der Waals surface area contributed by atoms with E-state index in [4.69, 9.17) is 4.52 Å². The minimum absolute atomic E-state index is 0.0108. The maximum absolute atomic E-state index is 14.5. The molecule has 1 amide bonds. The first-order valence-corrected chi connectivity index (χ1v) is 10.00. The summed E-state index contributed by atoms with van der Waals surface area (Å²) in [6, 6.07) is 6.51. The van der Waals surface area contributed by atoms with Crippen LogP contribution in [0, 0.1) is 11.6 Å². The highest BCUT2D eigenvalue weighted by atomic mass is 19.4. The smallest absolute Gasteiger partial charge is 0.416 e. The van der Waals surface area contributed by atoms with E-state index in [0.29, 0.717) is 23.1 Å². The van der Waals surface area contributed by atoms with Gasteiger partial charge in [-0.2, -0.15) is 18.3 Å². The summed E-state index contributed by atoms with van der Waals surface area (Å²) < 4.78 is 79.5. The Morgan fingerprint density at radius 1 is 1.09 bits per heavy atom. The number of alkyl halides is 3. The zero-order chi connectivity index (χ0) is 24.7. The van der Waals surface area contributed by atoms with E-state index >= 15 is 0 Å². The van der Waals surface area contributed by atoms with Gasteiger partial charge in [0.1, 0.15) is 30.1 Å². The maximum Gasteiger partial charge on any atom is 0.416 e. The van der Waals surface area contributed by atoms with Crippen LogP contribution >= 0.6 is 0 Å². The van der Waals surface area contributed by atoms with Gasteiger partial charge in [-0.15, -0.1) is 0 Å². The third kappa shape index (κ3) is 4.18. The molecule has 0 bridgehead atoms. The van der Waals surface area contributed by atoms with E-state index in [1.807, 2.05) is 0 Å². The Hall–Kier alpha value is -4.36. The highest BCUT2D eigenvalue weighted by molar-refractivity contribution is 5.89. The van der Waals surface area contributed by atoms with E-state index in [-0.39, 0.29) is 23.0 Å². The van der Waals surface area contributed by atoms with Gasteiger partial charge in [0.05, 0.1) is 18.4 Å². The van der Waals surface area contributed by atoms with Gasteiger partial charge in [0.2, 0.25) is 0 Å². The zero-order valence-electron chi connectivity index (χ0n) is 17.4. The molecule has 1 aliphatic rings. The van der Waals surface area contributed by atoms with Crippen molar-refractivity contribution in [3.63, 3.8) is 0 Å². The molecule has 1 fully saturated rings. The lowest BCUT2D eigenvalue weighted by Crippen LogP contribution is -2.45. The molecule has 14 heteroatoms. The lowest BCUT2D eigenvalue weighted by Gasteiger charge is -2.22. The summed E-state index contributed by atoms with van der Waals surface area (Å²) in [5.41, 5.74) is 0.972. The van der Waals surface area contributed by atoms with Crippen molar-refractivity contribution in [2.75, 3.05) is 11.5 Å². The number of benzene rings is 1. The summed E-state index contributed by atoms with van der Waals surface area (Å²) in [6.07, 6.45) is -4.35. The number of carbonyl (C=O) groups excluding carboxylic acids is 1. The van der Waals surface area contributed by atoms with Crippen LogP contribution in [0.2, 0.25) is 0 Å². The molecular weight excluding hydrogens is 479 g/mol. The molecule has 1 atom stereocenters. The number of amides is 1. The van der Waals surface area contributed by atoms with Crippen molar-refractivity contribution in [1.82, 2.24) is 24.9 Å². The van der Waals surface area contributed by atoms with E-state index < -0.39 is 42.4 Å². The van der Waals surface area contributed by atoms with Gasteiger partial charge >= 0.3 is 12.3 Å². The third-order valence-corrected chi connectivity index (χ3v) is 5.19. The molecule has 180 valence electrons. The van der Waals surface area contributed by atoms with Crippen LogP contribution < -0.4 is 4.90 Å². The van der Waals surface area contributed by atoms with E-state index in [2.05, 4.69) is 25.0 Å². The molecule has 1 unspecified atom stereocenters. The van der Waals surface area contributed by atoms with Crippen molar-refractivity contribution < 1.29 is 36.0 Å². The van der Waals surface area contributed by atoms with Gasteiger partial charge in [-0.25, -0.2) is 28.4 Å². The molecule has 4 aromatic rings. The predicted molar refractivity (Wildman–Crippen MR) is 108 cm³/mol. The number of nitrogens with zero attached hydrogens (tertiary/aromatic N) is 6. The van der Waals surface area contributed by atoms with Gasteiger partial charge in [-0.05, 0) is 12.1 Å². The number of hydrogen-bond acceptors (Lipinski definition) is 7. The molecule has 0 spiro atoms. The van der Waals surface area contributed by atoms with Gasteiger partial charge in [-0.1, -0.05) is 23.4 Å². The number of anilines is 1. The molecule has 0 aliphatic carbocycles. The van der Waals surface area contributed by atoms with E-state index in [0.717, 1.165) is 0 Å². The Kier molecular flexibility index (Phi) is 5.42. The first-order valence-electron chi connectivity index (χ1n) is 10.00. The zero-order valence-corrected chi connectivity index (χ0v) is 17.4. The van der Waals surface area contributed by atoms with Crippen LogP contribution in [0.1, 0.15) is 5.56 Å². The van der Waals surface area contributed by atoms with Gasteiger partial charge < -0.3 is 9.26 Å². The molecule has 0 radical (unpaired) electrons. The molecule has 0 N–H and O–H groups in total. The maximum atomic E-state index is 14.5. The highest BCUT2D eigenvalue weighted by Gasteiger charge is 2.52. The summed E-state index contributed by atoms with van der Waals surface area (Å²) >= 11 is 0. The Balaban J connectivity index is 1.58. The lowest BCUT2D eigenvalue weighted by molar-refractivity contribution is -0.147. The number of hydrogen-bond donors (Lipinski definition) is 0. The van der Waals surface area contributed by atoms with Gasteiger partial charge in [0.25, 0.3) is 0 Å². The van der Waals surface area contributed by atoms with E-state index in [9.17, 15) is 26.7 Å². The Labute approximate surface area is 192 Å². The molecule has 4 heterocycles. The Morgan fingerprint density at radius 3 is 2.60 bits per heavy atom. The molecule has 1 aliphatic heterocycles. The number of aromatic nitrogens is 5. The van der Waals surface area contributed by atoms with Gasteiger partial charge in [-0.3, -0.25) is 4.68 Å². The minimum Gasteiger partial charge on any atom is -0.447 e. The van der Waals surface area contributed by atoms with Crippen molar-refractivity contribution in [2.24, 2.45) is 0 Å². The van der Waals surface area contributed by atoms with Crippen molar-refractivity contribution >= 4 is 11.9 Å².